The smallest absolute Gasteiger partial charge is 0.319 e. The Hall–Kier alpha value is -2.69. The van der Waals surface area contributed by atoms with Crippen molar-refractivity contribution in [2.24, 2.45) is 5.92 Å². The lowest BCUT2D eigenvalue weighted by atomic mass is 9.89. The summed E-state index contributed by atoms with van der Waals surface area (Å²) in [6.45, 7) is 2.30. The Morgan fingerprint density at radius 1 is 1.17 bits per heavy atom. The van der Waals surface area contributed by atoms with Crippen LogP contribution >= 0.6 is 0 Å². The molecule has 1 amide bonds. The maximum absolute atomic E-state index is 13.1. The number of benzene rings is 2. The molecule has 2 atom stereocenters. The normalized spacial score (nSPS) is 20.2. The molecular formula is C19H18FNO3. The van der Waals surface area contributed by atoms with Crippen LogP contribution in [0.3, 0.4) is 0 Å². The molecule has 3 rings (SSSR count). The Morgan fingerprint density at radius 2 is 1.83 bits per heavy atom. The lowest BCUT2D eigenvalue weighted by Gasteiger charge is -2.16. The summed E-state index contributed by atoms with van der Waals surface area (Å²) in [5.41, 5.74) is 1.49. The molecule has 0 spiro atoms. The van der Waals surface area contributed by atoms with Crippen molar-refractivity contribution in [2.45, 2.75) is 12.8 Å². The van der Waals surface area contributed by atoms with Crippen molar-refractivity contribution in [3.05, 3.63) is 66.0 Å². The van der Waals surface area contributed by atoms with Gasteiger partial charge in [-0.05, 0) is 36.8 Å². The Morgan fingerprint density at radius 3 is 2.46 bits per heavy atom. The first kappa shape index (κ1) is 16.2. The highest BCUT2D eigenvalue weighted by Gasteiger charge is 2.47. The molecule has 1 heterocycles. The molecule has 0 N–H and O–H groups in total. The summed E-state index contributed by atoms with van der Waals surface area (Å²) < 4.78 is 18.2. The standard InChI is InChI=1S/C19H18FNO3/c1-2-24-19(23)17-16(13-6-4-3-5-7-13)12-21(18(17)22)15-10-8-14(20)9-11-15/h3-11,16-17H,2,12H2,1H3/t16-,17-/m1/s1. The number of halogens is 1. The monoisotopic (exact) mass is 327 g/mol. The van der Waals surface area contributed by atoms with Crippen molar-refractivity contribution < 1.29 is 18.7 Å². The fourth-order valence-electron chi connectivity index (χ4n) is 3.08. The number of amides is 1. The van der Waals surface area contributed by atoms with Crippen LogP contribution in [0.15, 0.2) is 54.6 Å². The molecule has 1 saturated heterocycles. The second-order valence-corrected chi connectivity index (χ2v) is 5.67. The van der Waals surface area contributed by atoms with E-state index in [1.807, 2.05) is 30.3 Å². The van der Waals surface area contributed by atoms with Crippen LogP contribution < -0.4 is 4.90 Å². The van der Waals surface area contributed by atoms with Gasteiger partial charge >= 0.3 is 5.97 Å². The summed E-state index contributed by atoms with van der Waals surface area (Å²) in [6, 6.07) is 15.1. The van der Waals surface area contributed by atoms with Crippen molar-refractivity contribution in [3.8, 4) is 0 Å². The van der Waals surface area contributed by atoms with E-state index in [0.29, 0.717) is 12.2 Å². The number of esters is 1. The number of hydrogen-bond acceptors (Lipinski definition) is 3. The largest absolute Gasteiger partial charge is 0.465 e. The molecule has 0 radical (unpaired) electrons. The second kappa shape index (κ2) is 6.83. The van der Waals surface area contributed by atoms with Crippen LogP contribution in [0.5, 0.6) is 0 Å². The first-order chi connectivity index (χ1) is 11.6. The fourth-order valence-corrected chi connectivity index (χ4v) is 3.08. The van der Waals surface area contributed by atoms with Crippen LogP contribution in [-0.2, 0) is 14.3 Å². The topological polar surface area (TPSA) is 46.6 Å². The molecule has 0 aromatic heterocycles. The van der Waals surface area contributed by atoms with E-state index >= 15 is 0 Å². The molecule has 24 heavy (non-hydrogen) atoms. The van der Waals surface area contributed by atoms with Crippen molar-refractivity contribution in [3.63, 3.8) is 0 Å². The third-order valence-electron chi connectivity index (χ3n) is 4.22. The first-order valence-electron chi connectivity index (χ1n) is 7.90. The molecule has 0 unspecified atom stereocenters. The second-order valence-electron chi connectivity index (χ2n) is 5.67. The number of rotatable bonds is 4. The maximum Gasteiger partial charge on any atom is 0.319 e. The van der Waals surface area contributed by atoms with E-state index in [4.69, 9.17) is 4.74 Å². The summed E-state index contributed by atoms with van der Waals surface area (Å²) in [4.78, 5) is 26.7. The molecule has 1 aliphatic rings. The minimum atomic E-state index is -0.877. The van der Waals surface area contributed by atoms with Gasteiger partial charge in [0.1, 0.15) is 11.7 Å². The van der Waals surface area contributed by atoms with E-state index in [9.17, 15) is 14.0 Å². The Labute approximate surface area is 139 Å². The third-order valence-corrected chi connectivity index (χ3v) is 4.22. The first-order valence-corrected chi connectivity index (χ1v) is 7.90. The van der Waals surface area contributed by atoms with E-state index in [1.54, 1.807) is 19.1 Å². The van der Waals surface area contributed by atoms with Crippen LogP contribution in [0.25, 0.3) is 0 Å². The SMILES string of the molecule is CCOC(=O)[C@H]1C(=O)N(c2ccc(F)cc2)C[C@@H]1c1ccccc1. The highest BCUT2D eigenvalue weighted by molar-refractivity contribution is 6.09. The van der Waals surface area contributed by atoms with Gasteiger partial charge in [-0.2, -0.15) is 0 Å². The Bertz CT molecular complexity index is 730. The van der Waals surface area contributed by atoms with E-state index < -0.39 is 11.9 Å². The van der Waals surface area contributed by atoms with Gasteiger partial charge < -0.3 is 9.64 Å². The van der Waals surface area contributed by atoms with Gasteiger partial charge in [-0.25, -0.2) is 4.39 Å². The number of carbonyl (C=O) groups is 2. The molecule has 1 fully saturated rings. The van der Waals surface area contributed by atoms with Gasteiger partial charge in [0, 0.05) is 18.2 Å². The van der Waals surface area contributed by atoms with Crippen LogP contribution in [0.1, 0.15) is 18.4 Å². The molecule has 2 aromatic carbocycles. The molecule has 4 nitrogen and oxygen atoms in total. The fraction of sp³-hybridized carbons (Fsp3) is 0.263. The predicted octanol–water partition coefficient (Wildman–Crippen LogP) is 3.14. The van der Waals surface area contributed by atoms with Crippen LogP contribution in [0.4, 0.5) is 10.1 Å². The molecule has 2 aromatic rings. The van der Waals surface area contributed by atoms with Crippen molar-refractivity contribution in [2.75, 3.05) is 18.1 Å². The zero-order valence-corrected chi connectivity index (χ0v) is 13.3. The van der Waals surface area contributed by atoms with Crippen LogP contribution in [-0.4, -0.2) is 25.0 Å². The molecule has 124 valence electrons. The number of carbonyl (C=O) groups excluding carboxylic acids is 2. The van der Waals surface area contributed by atoms with Crippen molar-refractivity contribution in [1.29, 1.82) is 0 Å². The van der Waals surface area contributed by atoms with Gasteiger partial charge in [0.2, 0.25) is 5.91 Å². The van der Waals surface area contributed by atoms with Crippen molar-refractivity contribution >= 4 is 17.6 Å². The number of anilines is 1. The summed E-state index contributed by atoms with van der Waals surface area (Å²) in [7, 11) is 0. The molecule has 0 bridgehead atoms. The van der Waals surface area contributed by atoms with Crippen LogP contribution in [0.2, 0.25) is 0 Å². The molecule has 1 aliphatic heterocycles. The average molecular weight is 327 g/mol. The quantitative estimate of drug-likeness (QED) is 0.640. The highest BCUT2D eigenvalue weighted by Crippen LogP contribution is 2.37. The van der Waals surface area contributed by atoms with Gasteiger partial charge in [-0.15, -0.1) is 0 Å². The Balaban J connectivity index is 1.96. The lowest BCUT2D eigenvalue weighted by Crippen LogP contribution is -2.31. The molecule has 0 aliphatic carbocycles. The third kappa shape index (κ3) is 3.02. The van der Waals surface area contributed by atoms with Gasteiger partial charge in [0.05, 0.1) is 6.61 Å². The minimum Gasteiger partial charge on any atom is -0.465 e. The molecule has 5 heteroatoms. The van der Waals surface area contributed by atoms with Crippen molar-refractivity contribution in [1.82, 2.24) is 0 Å². The number of hydrogen-bond donors (Lipinski definition) is 0. The minimum absolute atomic E-state index is 0.223. The van der Waals surface area contributed by atoms with Gasteiger partial charge in [-0.3, -0.25) is 9.59 Å². The maximum atomic E-state index is 13.1. The van der Waals surface area contributed by atoms with E-state index in [1.165, 1.54) is 17.0 Å². The summed E-state index contributed by atoms with van der Waals surface area (Å²) in [6.07, 6.45) is 0. The zero-order valence-electron chi connectivity index (χ0n) is 13.3. The van der Waals surface area contributed by atoms with E-state index in [2.05, 4.69) is 0 Å². The summed E-state index contributed by atoms with van der Waals surface area (Å²) in [5, 5.41) is 0. The van der Waals surface area contributed by atoms with Gasteiger partial charge in [-0.1, -0.05) is 30.3 Å². The average Bonchev–Trinajstić information content (AvgIpc) is 2.94. The zero-order chi connectivity index (χ0) is 17.1. The van der Waals surface area contributed by atoms with Crippen LogP contribution in [0, 0.1) is 11.7 Å². The lowest BCUT2D eigenvalue weighted by molar-refractivity contribution is -0.150. The van der Waals surface area contributed by atoms with E-state index in [0.717, 1.165) is 5.56 Å². The van der Waals surface area contributed by atoms with Gasteiger partial charge in [0.25, 0.3) is 0 Å². The number of nitrogens with zero attached hydrogens (tertiary/aromatic N) is 1. The van der Waals surface area contributed by atoms with Gasteiger partial charge in [0.15, 0.2) is 0 Å². The molecule has 0 saturated carbocycles. The Kier molecular flexibility index (Phi) is 4.60. The van der Waals surface area contributed by atoms with E-state index in [-0.39, 0.29) is 24.2 Å². The summed E-state index contributed by atoms with van der Waals surface area (Å²) >= 11 is 0. The predicted molar refractivity (Wildman–Crippen MR) is 88.1 cm³/mol. The summed E-state index contributed by atoms with van der Waals surface area (Å²) in [5.74, 6) is -2.36. The molecular weight excluding hydrogens is 309 g/mol. The number of ether oxygens (including phenoxy) is 1. The highest BCUT2D eigenvalue weighted by atomic mass is 19.1.